The number of benzene rings is 1. The molecule has 2 rings (SSSR count). The second kappa shape index (κ2) is 14.2. The Morgan fingerprint density at radius 1 is 1.11 bits per heavy atom. The minimum Gasteiger partial charge on any atom is -0.508 e. The first-order chi connectivity index (χ1) is 17.4. The smallest absolute Gasteiger partial charge is 0.405 e. The van der Waals surface area contributed by atoms with E-state index in [4.69, 9.17) is 19.9 Å². The van der Waals surface area contributed by atoms with Gasteiger partial charge in [-0.2, -0.15) is 0 Å². The number of nitrogens with one attached hydrogen (secondary N) is 1. The van der Waals surface area contributed by atoms with Crippen LogP contribution in [0.1, 0.15) is 52.5 Å². The number of anilines is 1. The number of aliphatic hydroxyl groups excluding tert-OH is 1. The third kappa shape index (κ3) is 9.18. The molecule has 37 heavy (non-hydrogen) atoms. The van der Waals surface area contributed by atoms with Crippen molar-refractivity contribution in [2.75, 3.05) is 19.5 Å². The Labute approximate surface area is 219 Å². The van der Waals surface area contributed by atoms with Gasteiger partial charge in [0.25, 0.3) is 5.91 Å². The molecule has 6 atom stereocenters. The van der Waals surface area contributed by atoms with Gasteiger partial charge in [-0.1, -0.05) is 26.0 Å². The zero-order valence-corrected chi connectivity index (χ0v) is 22.7. The Morgan fingerprint density at radius 3 is 2.41 bits per heavy atom. The van der Waals surface area contributed by atoms with E-state index < -0.39 is 30.5 Å². The summed E-state index contributed by atoms with van der Waals surface area (Å²) in [5.41, 5.74) is 7.92. The minimum atomic E-state index is -0.925. The summed E-state index contributed by atoms with van der Waals surface area (Å²) in [6.07, 6.45) is 2.29. The molecule has 2 bridgehead atoms. The molecular formula is C28H42N2O7. The lowest BCUT2D eigenvalue weighted by molar-refractivity contribution is -0.112. The van der Waals surface area contributed by atoms with Crippen molar-refractivity contribution in [1.29, 1.82) is 0 Å². The van der Waals surface area contributed by atoms with Crippen LogP contribution in [-0.4, -0.2) is 60.8 Å². The van der Waals surface area contributed by atoms with E-state index in [-0.39, 0.29) is 23.5 Å². The van der Waals surface area contributed by atoms with Crippen LogP contribution in [0, 0.1) is 11.8 Å². The molecule has 1 aromatic carbocycles. The van der Waals surface area contributed by atoms with E-state index in [1.165, 1.54) is 13.2 Å². The number of nitrogens with two attached hydrogens (primary N) is 1. The molecule has 0 spiro atoms. The van der Waals surface area contributed by atoms with Crippen molar-refractivity contribution in [2.45, 2.75) is 77.8 Å². The number of fused-ring (bicyclic) bond motifs is 2. The predicted octanol–water partition coefficient (Wildman–Crippen LogP) is 4.08. The monoisotopic (exact) mass is 518 g/mol. The summed E-state index contributed by atoms with van der Waals surface area (Å²) >= 11 is 0. The zero-order chi connectivity index (χ0) is 27.7. The Balaban J connectivity index is 2.47. The highest BCUT2D eigenvalue weighted by atomic mass is 16.6. The van der Waals surface area contributed by atoms with Gasteiger partial charge in [0.1, 0.15) is 5.75 Å². The largest absolute Gasteiger partial charge is 0.508 e. The Morgan fingerprint density at radius 2 is 1.78 bits per heavy atom. The maximum absolute atomic E-state index is 12.8. The molecule has 2 amide bonds. The maximum Gasteiger partial charge on any atom is 0.405 e. The van der Waals surface area contributed by atoms with Crippen LogP contribution in [0.25, 0.3) is 0 Å². The van der Waals surface area contributed by atoms with Gasteiger partial charge in [-0.25, -0.2) is 4.79 Å². The maximum atomic E-state index is 12.8. The second-order valence-electron chi connectivity index (χ2n) is 10.0. The van der Waals surface area contributed by atoms with Crippen molar-refractivity contribution in [1.82, 2.24) is 0 Å². The van der Waals surface area contributed by atoms with Gasteiger partial charge in [-0.05, 0) is 68.7 Å². The van der Waals surface area contributed by atoms with Gasteiger partial charge in [0.15, 0.2) is 6.10 Å². The van der Waals surface area contributed by atoms with Crippen molar-refractivity contribution >= 4 is 17.7 Å². The summed E-state index contributed by atoms with van der Waals surface area (Å²) in [5.74, 6) is -0.427. The lowest BCUT2D eigenvalue weighted by Crippen LogP contribution is -2.37. The van der Waals surface area contributed by atoms with Crippen LogP contribution in [0.15, 0.2) is 41.5 Å². The number of amides is 2. The molecule has 5 N–H and O–H groups in total. The van der Waals surface area contributed by atoms with Crippen molar-refractivity contribution < 1.29 is 34.0 Å². The van der Waals surface area contributed by atoms with E-state index in [1.54, 1.807) is 26.2 Å². The molecule has 0 fully saturated rings. The first-order valence-corrected chi connectivity index (χ1v) is 12.6. The molecule has 0 aliphatic carbocycles. The number of methoxy groups -OCH3 is 2. The summed E-state index contributed by atoms with van der Waals surface area (Å²) in [6.45, 7) is 7.44. The van der Waals surface area contributed by atoms with Gasteiger partial charge in [0, 0.05) is 37.5 Å². The Bertz CT molecular complexity index is 991. The van der Waals surface area contributed by atoms with E-state index in [1.807, 2.05) is 32.9 Å². The summed E-state index contributed by atoms with van der Waals surface area (Å²) < 4.78 is 16.7. The fourth-order valence-electron chi connectivity index (χ4n) is 4.83. The topological polar surface area (TPSA) is 140 Å². The standard InChI is InChI=1S/C28H42N2O7/c1-16-10-20-13-21(15-22(31)14-20)30-27(33)17(2)8-7-9-23(35-5)26(37-28(29)34)19(4)12-18(3)25(32)24(11-16)36-6/h8,12-16,18,23-26,31-32H,7,9-11H2,1-6H3,(H2,29,34)(H,30,33)/b17-8+,19-12+/t16-,18-,23+,24+,25-,26-/m0/s1. The summed E-state index contributed by atoms with van der Waals surface area (Å²) in [6, 6.07) is 5.02. The van der Waals surface area contributed by atoms with E-state index in [2.05, 4.69) is 5.32 Å². The highest BCUT2D eigenvalue weighted by molar-refractivity contribution is 6.03. The molecular weight excluding hydrogens is 476 g/mol. The van der Waals surface area contributed by atoms with Gasteiger partial charge >= 0.3 is 6.09 Å². The first-order valence-electron chi connectivity index (χ1n) is 12.6. The van der Waals surface area contributed by atoms with Gasteiger partial charge in [0.05, 0.1) is 18.3 Å². The average molecular weight is 519 g/mol. The zero-order valence-electron chi connectivity index (χ0n) is 22.7. The van der Waals surface area contributed by atoms with E-state index in [9.17, 15) is 19.8 Å². The summed E-state index contributed by atoms with van der Waals surface area (Å²) in [5, 5.41) is 24.2. The SMILES string of the molecule is CO[C@@H]1C[C@@H](C)Cc2cc(O)cc(c2)NC(=O)/C(C)=C/CC[C@@H](OC)[C@@H](OC(N)=O)/C(C)=C/[C@H](C)[C@@H]1O. The lowest BCUT2D eigenvalue weighted by atomic mass is 9.88. The molecule has 1 aliphatic rings. The third-order valence-electron chi connectivity index (χ3n) is 6.79. The second-order valence-corrected chi connectivity index (χ2v) is 10.0. The Kier molecular flexibility index (Phi) is 11.6. The van der Waals surface area contributed by atoms with Gasteiger partial charge in [-0.15, -0.1) is 0 Å². The number of carbonyl (C=O) groups is 2. The van der Waals surface area contributed by atoms with E-state index >= 15 is 0 Å². The molecule has 0 aromatic heterocycles. The van der Waals surface area contributed by atoms with Crippen LogP contribution in [0.3, 0.4) is 0 Å². The number of ether oxygens (including phenoxy) is 3. The number of phenolic OH excluding ortho intramolecular Hbond substituents is 1. The number of allylic oxidation sites excluding steroid dienone is 1. The average Bonchev–Trinajstić information content (AvgIpc) is 2.82. The number of primary amides is 1. The van der Waals surface area contributed by atoms with Crippen molar-refractivity contribution in [2.24, 2.45) is 17.6 Å². The van der Waals surface area contributed by atoms with Crippen LogP contribution < -0.4 is 11.1 Å². The molecule has 0 radical (unpaired) electrons. The number of aliphatic hydroxyl groups is 1. The van der Waals surface area contributed by atoms with Crippen LogP contribution in [0.2, 0.25) is 0 Å². The number of aromatic hydroxyl groups is 1. The number of phenols is 1. The third-order valence-corrected chi connectivity index (χ3v) is 6.79. The van der Waals surface area contributed by atoms with Gasteiger partial charge in [-0.3, -0.25) is 4.79 Å². The number of rotatable bonds is 3. The van der Waals surface area contributed by atoms with Crippen molar-refractivity contribution in [3.05, 3.63) is 47.1 Å². The summed E-state index contributed by atoms with van der Waals surface area (Å²) in [4.78, 5) is 24.4. The van der Waals surface area contributed by atoms with E-state index in [0.29, 0.717) is 42.5 Å². The number of hydrogen-bond donors (Lipinski definition) is 4. The highest BCUT2D eigenvalue weighted by Crippen LogP contribution is 2.27. The quantitative estimate of drug-likeness (QED) is 0.442. The van der Waals surface area contributed by atoms with Crippen LogP contribution in [-0.2, 0) is 25.4 Å². The molecule has 9 nitrogen and oxygen atoms in total. The summed E-state index contributed by atoms with van der Waals surface area (Å²) in [7, 11) is 3.09. The highest BCUT2D eigenvalue weighted by Gasteiger charge is 2.30. The predicted molar refractivity (Wildman–Crippen MR) is 142 cm³/mol. The van der Waals surface area contributed by atoms with Gasteiger partial charge < -0.3 is 35.5 Å². The fourth-order valence-corrected chi connectivity index (χ4v) is 4.83. The molecule has 1 aliphatic heterocycles. The molecule has 9 heteroatoms. The van der Waals surface area contributed by atoms with Crippen molar-refractivity contribution in [3.63, 3.8) is 0 Å². The molecule has 206 valence electrons. The number of hydrogen-bond acceptors (Lipinski definition) is 7. The first kappa shape index (κ1) is 30.3. The lowest BCUT2D eigenvalue weighted by Gasteiger charge is -2.30. The van der Waals surface area contributed by atoms with Crippen LogP contribution in [0.5, 0.6) is 5.75 Å². The molecule has 0 saturated carbocycles. The minimum absolute atomic E-state index is 0.0634. The van der Waals surface area contributed by atoms with E-state index in [0.717, 1.165) is 5.56 Å². The van der Waals surface area contributed by atoms with Crippen LogP contribution >= 0.6 is 0 Å². The van der Waals surface area contributed by atoms with Crippen molar-refractivity contribution in [3.8, 4) is 5.75 Å². The Hall–Kier alpha value is -2.88. The van der Waals surface area contributed by atoms with Gasteiger partial charge in [0.2, 0.25) is 0 Å². The normalized spacial score (nSPS) is 31.4. The number of carbonyl (C=O) groups excluding carboxylic acids is 2. The fraction of sp³-hybridized carbons (Fsp3) is 0.571. The molecule has 1 aromatic rings. The molecule has 0 unspecified atom stereocenters. The van der Waals surface area contributed by atoms with Crippen LogP contribution in [0.4, 0.5) is 10.5 Å². The molecule has 1 heterocycles. The molecule has 0 saturated heterocycles.